The van der Waals surface area contributed by atoms with Crippen LogP contribution in [0.25, 0.3) is 0 Å². The number of anilines is 1. The molecule has 2 amide bonds. The number of halogens is 1. The predicted octanol–water partition coefficient (Wildman–Crippen LogP) is 4.28. The van der Waals surface area contributed by atoms with Crippen molar-refractivity contribution in [1.82, 2.24) is 10.2 Å². The average Bonchev–Trinajstić information content (AvgIpc) is 2.81. The fourth-order valence-electron chi connectivity index (χ4n) is 4.42. The molecule has 9 heteroatoms. The summed E-state index contributed by atoms with van der Waals surface area (Å²) in [4.78, 5) is 28.2. The summed E-state index contributed by atoms with van der Waals surface area (Å²) in [5.41, 5.74) is 1.92. The van der Waals surface area contributed by atoms with Gasteiger partial charge in [-0.1, -0.05) is 61.2 Å². The number of rotatable bonds is 9. The first-order valence-corrected chi connectivity index (χ1v) is 14.2. The second-order valence-electron chi connectivity index (χ2n) is 9.23. The van der Waals surface area contributed by atoms with Crippen molar-refractivity contribution in [2.75, 3.05) is 17.1 Å². The molecule has 190 valence electrons. The van der Waals surface area contributed by atoms with Gasteiger partial charge in [0.15, 0.2) is 0 Å². The number of benzene rings is 2. The van der Waals surface area contributed by atoms with E-state index in [1.807, 2.05) is 12.1 Å². The zero-order valence-electron chi connectivity index (χ0n) is 20.5. The topological polar surface area (TPSA) is 86.8 Å². The lowest BCUT2D eigenvalue weighted by molar-refractivity contribution is -0.139. The van der Waals surface area contributed by atoms with Crippen LogP contribution in [0.5, 0.6) is 0 Å². The Kier molecular flexibility index (Phi) is 9.19. The van der Waals surface area contributed by atoms with Gasteiger partial charge in [-0.25, -0.2) is 8.42 Å². The Morgan fingerprint density at radius 3 is 2.40 bits per heavy atom. The third-order valence-electron chi connectivity index (χ3n) is 6.42. The van der Waals surface area contributed by atoms with Crippen LogP contribution in [0.15, 0.2) is 48.5 Å². The van der Waals surface area contributed by atoms with Crippen LogP contribution in [-0.2, 0) is 26.2 Å². The van der Waals surface area contributed by atoms with Gasteiger partial charge in [0.1, 0.15) is 12.6 Å². The fraction of sp³-hybridized carbons (Fsp3) is 0.462. The number of hydrogen-bond donors (Lipinski definition) is 1. The van der Waals surface area contributed by atoms with Gasteiger partial charge >= 0.3 is 0 Å². The van der Waals surface area contributed by atoms with E-state index in [0.717, 1.165) is 47.4 Å². The summed E-state index contributed by atoms with van der Waals surface area (Å²) in [6, 6.07) is 13.4. The monoisotopic (exact) mass is 519 g/mol. The van der Waals surface area contributed by atoms with Crippen LogP contribution in [0.4, 0.5) is 5.69 Å². The lowest BCUT2D eigenvalue weighted by Crippen LogP contribution is -2.53. The lowest BCUT2D eigenvalue weighted by atomic mass is 9.95. The molecule has 35 heavy (non-hydrogen) atoms. The molecule has 1 atom stereocenters. The molecule has 7 nitrogen and oxygen atoms in total. The highest BCUT2D eigenvalue weighted by Crippen LogP contribution is 2.23. The summed E-state index contributed by atoms with van der Waals surface area (Å²) >= 11 is 6.15. The summed E-state index contributed by atoms with van der Waals surface area (Å²) in [6.45, 7) is 3.19. The highest BCUT2D eigenvalue weighted by atomic mass is 35.5. The number of nitrogens with one attached hydrogen (secondary N) is 1. The number of amides is 2. The van der Waals surface area contributed by atoms with Gasteiger partial charge in [-0.05, 0) is 56.0 Å². The van der Waals surface area contributed by atoms with Gasteiger partial charge < -0.3 is 10.2 Å². The van der Waals surface area contributed by atoms with Crippen LogP contribution in [0, 0.1) is 6.92 Å². The molecule has 2 aromatic carbocycles. The molecule has 0 bridgehead atoms. The summed E-state index contributed by atoms with van der Waals surface area (Å²) in [6.07, 6.45) is 6.24. The van der Waals surface area contributed by atoms with E-state index >= 15 is 0 Å². The van der Waals surface area contributed by atoms with Crippen LogP contribution < -0.4 is 9.62 Å². The molecule has 2 aromatic rings. The maximum absolute atomic E-state index is 13.6. The fourth-order valence-corrected chi connectivity index (χ4v) is 5.54. The highest BCUT2D eigenvalue weighted by molar-refractivity contribution is 7.92. The SMILES string of the molecule is Cc1ccccc1N(CC(=O)N(Cc1cccc(Cl)c1)C(C)C(=O)NC1CCCCC1)S(C)(=O)=O. The predicted molar refractivity (Wildman–Crippen MR) is 140 cm³/mol. The largest absolute Gasteiger partial charge is 0.352 e. The summed E-state index contributed by atoms with van der Waals surface area (Å²) < 4.78 is 26.4. The van der Waals surface area contributed by atoms with Crippen LogP contribution >= 0.6 is 11.6 Å². The zero-order chi connectivity index (χ0) is 25.6. The van der Waals surface area contributed by atoms with Gasteiger partial charge in [-0.3, -0.25) is 13.9 Å². The molecule has 1 N–H and O–H groups in total. The Morgan fingerprint density at radius 1 is 1.09 bits per heavy atom. The molecule has 1 aliphatic rings. The smallest absolute Gasteiger partial charge is 0.244 e. The van der Waals surface area contributed by atoms with E-state index in [1.54, 1.807) is 50.2 Å². The van der Waals surface area contributed by atoms with Crippen LogP contribution in [0.3, 0.4) is 0 Å². The minimum atomic E-state index is -3.75. The molecule has 0 radical (unpaired) electrons. The van der Waals surface area contributed by atoms with E-state index in [4.69, 9.17) is 11.6 Å². The molecule has 1 aliphatic carbocycles. The van der Waals surface area contributed by atoms with E-state index in [0.29, 0.717) is 10.7 Å². The molecule has 1 fully saturated rings. The van der Waals surface area contributed by atoms with Crippen molar-refractivity contribution in [3.05, 3.63) is 64.7 Å². The standard InChI is InChI=1S/C26H34ClN3O4S/c1-19-10-7-8-15-24(19)30(35(3,33)34)18-25(31)29(17-21-11-9-12-22(27)16-21)20(2)26(32)28-23-13-5-4-6-14-23/h7-12,15-16,20,23H,4-6,13-14,17-18H2,1-3H3,(H,28,32). The van der Waals surface area contributed by atoms with Gasteiger partial charge in [0.2, 0.25) is 21.8 Å². The Balaban J connectivity index is 1.88. The summed E-state index contributed by atoms with van der Waals surface area (Å²) in [5.74, 6) is -0.709. The quantitative estimate of drug-likeness (QED) is 0.535. The number of sulfonamides is 1. The summed E-state index contributed by atoms with van der Waals surface area (Å²) in [5, 5.41) is 3.61. The van der Waals surface area contributed by atoms with Crippen LogP contribution in [0.2, 0.25) is 5.02 Å². The first-order valence-electron chi connectivity index (χ1n) is 11.9. The van der Waals surface area contributed by atoms with Crippen LogP contribution in [-0.4, -0.2) is 50.0 Å². The molecule has 0 aromatic heterocycles. The number of para-hydroxylation sites is 1. The van der Waals surface area contributed by atoms with Crippen LogP contribution in [0.1, 0.15) is 50.2 Å². The molecule has 3 rings (SSSR count). The summed E-state index contributed by atoms with van der Waals surface area (Å²) in [7, 11) is -3.75. The van der Waals surface area contributed by atoms with Crippen molar-refractivity contribution < 1.29 is 18.0 Å². The molecule has 0 saturated heterocycles. The van der Waals surface area contributed by atoms with Crippen molar-refractivity contribution in [1.29, 1.82) is 0 Å². The molecular formula is C26H34ClN3O4S. The van der Waals surface area contributed by atoms with Gasteiger partial charge in [0.05, 0.1) is 11.9 Å². The van der Waals surface area contributed by atoms with Crippen molar-refractivity contribution in [3.63, 3.8) is 0 Å². The first-order chi connectivity index (χ1) is 16.6. The molecule has 0 heterocycles. The average molecular weight is 520 g/mol. The van der Waals surface area contributed by atoms with Gasteiger partial charge in [-0.15, -0.1) is 0 Å². The van der Waals surface area contributed by atoms with E-state index in [9.17, 15) is 18.0 Å². The maximum atomic E-state index is 13.6. The minimum absolute atomic E-state index is 0.0984. The molecule has 0 spiro atoms. The number of hydrogen-bond acceptors (Lipinski definition) is 4. The Hall–Kier alpha value is -2.58. The second kappa shape index (κ2) is 11.9. The van der Waals surface area contributed by atoms with Crippen molar-refractivity contribution >= 4 is 39.1 Å². The van der Waals surface area contributed by atoms with Gasteiger partial charge in [-0.2, -0.15) is 0 Å². The third kappa shape index (κ3) is 7.45. The third-order valence-corrected chi connectivity index (χ3v) is 7.79. The lowest BCUT2D eigenvalue weighted by Gasteiger charge is -2.33. The number of carbonyl (C=O) groups excluding carboxylic acids is 2. The first kappa shape index (κ1) is 27.0. The number of nitrogens with zero attached hydrogens (tertiary/aromatic N) is 2. The van der Waals surface area contributed by atoms with Gasteiger partial charge in [0.25, 0.3) is 0 Å². The normalized spacial score (nSPS) is 15.3. The minimum Gasteiger partial charge on any atom is -0.352 e. The van der Waals surface area contributed by atoms with Crippen molar-refractivity contribution in [2.24, 2.45) is 0 Å². The Labute approximate surface area is 213 Å². The maximum Gasteiger partial charge on any atom is 0.244 e. The zero-order valence-corrected chi connectivity index (χ0v) is 22.1. The van der Waals surface area contributed by atoms with E-state index < -0.39 is 28.5 Å². The molecular weight excluding hydrogens is 486 g/mol. The number of aryl methyl sites for hydroxylation is 1. The highest BCUT2D eigenvalue weighted by Gasteiger charge is 2.31. The Morgan fingerprint density at radius 2 is 1.77 bits per heavy atom. The van der Waals surface area contributed by atoms with Crippen molar-refractivity contribution in [2.45, 2.75) is 64.6 Å². The number of carbonyl (C=O) groups is 2. The Bertz CT molecular complexity index is 1150. The van der Waals surface area contributed by atoms with E-state index in [2.05, 4.69) is 5.32 Å². The van der Waals surface area contributed by atoms with E-state index in [1.165, 1.54) is 11.3 Å². The van der Waals surface area contributed by atoms with Gasteiger partial charge in [0, 0.05) is 17.6 Å². The van der Waals surface area contributed by atoms with E-state index in [-0.39, 0.29) is 18.5 Å². The molecule has 1 unspecified atom stereocenters. The van der Waals surface area contributed by atoms with Crippen molar-refractivity contribution in [3.8, 4) is 0 Å². The molecule has 1 saturated carbocycles. The second-order valence-corrected chi connectivity index (χ2v) is 11.6. The molecule has 0 aliphatic heterocycles.